The van der Waals surface area contributed by atoms with Crippen molar-refractivity contribution in [3.63, 3.8) is 0 Å². The second kappa shape index (κ2) is 5.37. The largest absolute Gasteiger partial charge is 1.00 e. The smallest absolute Gasteiger partial charge is 1.00 e. The SMILES string of the molecule is NS(=O)(=O)c1cc2ccc3c4ccccc4ccc3c2o1.[H-].[Na+]. The molecule has 0 aliphatic heterocycles. The number of fused-ring (bicyclic) bond motifs is 5. The quantitative estimate of drug-likeness (QED) is 0.410. The second-order valence-electron chi connectivity index (χ2n) is 4.98. The summed E-state index contributed by atoms with van der Waals surface area (Å²) >= 11 is 0. The third kappa shape index (κ3) is 2.35. The van der Waals surface area contributed by atoms with Crippen LogP contribution in [0.15, 0.2) is 64.1 Å². The van der Waals surface area contributed by atoms with Crippen molar-refractivity contribution in [3.8, 4) is 0 Å². The molecule has 0 radical (unpaired) electrons. The average Bonchev–Trinajstić information content (AvgIpc) is 2.91. The van der Waals surface area contributed by atoms with Crippen molar-refractivity contribution in [2.24, 2.45) is 5.14 Å². The van der Waals surface area contributed by atoms with E-state index in [1.54, 1.807) is 0 Å². The van der Waals surface area contributed by atoms with Crippen molar-refractivity contribution in [1.82, 2.24) is 0 Å². The summed E-state index contributed by atoms with van der Waals surface area (Å²) in [7, 11) is -3.84. The third-order valence-corrected chi connectivity index (χ3v) is 4.43. The van der Waals surface area contributed by atoms with E-state index >= 15 is 0 Å². The molecule has 0 unspecified atom stereocenters. The molecular weight excluding hydrogens is 309 g/mol. The Kier molecular flexibility index (Phi) is 3.79. The maximum absolute atomic E-state index is 11.4. The zero-order valence-corrected chi connectivity index (χ0v) is 14.7. The van der Waals surface area contributed by atoms with Crippen LogP contribution >= 0.6 is 0 Å². The summed E-state index contributed by atoms with van der Waals surface area (Å²) < 4.78 is 28.4. The van der Waals surface area contributed by atoms with Crippen molar-refractivity contribution < 1.29 is 43.8 Å². The number of benzene rings is 3. The van der Waals surface area contributed by atoms with E-state index in [2.05, 4.69) is 0 Å². The minimum absolute atomic E-state index is 0. The summed E-state index contributed by atoms with van der Waals surface area (Å²) in [5, 5.41) is 9.78. The fourth-order valence-electron chi connectivity index (χ4n) is 2.70. The van der Waals surface area contributed by atoms with Gasteiger partial charge in [0.2, 0.25) is 5.09 Å². The molecule has 22 heavy (non-hydrogen) atoms. The molecule has 2 N–H and O–H groups in total. The number of hydrogen-bond acceptors (Lipinski definition) is 3. The van der Waals surface area contributed by atoms with Gasteiger partial charge in [0.1, 0.15) is 5.58 Å². The molecule has 6 heteroatoms. The van der Waals surface area contributed by atoms with Gasteiger partial charge in [0.25, 0.3) is 10.0 Å². The first-order valence-corrected chi connectivity index (χ1v) is 7.95. The molecule has 4 aromatic rings. The van der Waals surface area contributed by atoms with Gasteiger partial charge in [-0.1, -0.05) is 42.5 Å². The van der Waals surface area contributed by atoms with Gasteiger partial charge in [-0.15, -0.1) is 0 Å². The van der Waals surface area contributed by atoms with Gasteiger partial charge in [0.05, 0.1) is 0 Å². The molecule has 0 spiro atoms. The van der Waals surface area contributed by atoms with Crippen LogP contribution in [0.3, 0.4) is 0 Å². The summed E-state index contributed by atoms with van der Waals surface area (Å²) in [6.45, 7) is 0. The van der Waals surface area contributed by atoms with Crippen molar-refractivity contribution in [2.45, 2.75) is 5.09 Å². The van der Waals surface area contributed by atoms with Gasteiger partial charge in [-0.25, -0.2) is 13.6 Å². The first-order valence-electron chi connectivity index (χ1n) is 6.41. The van der Waals surface area contributed by atoms with Crippen LogP contribution in [0.25, 0.3) is 32.5 Å². The number of furan rings is 1. The molecule has 3 aromatic carbocycles. The predicted molar refractivity (Wildman–Crippen MR) is 83.7 cm³/mol. The fraction of sp³-hybridized carbons (Fsp3) is 0. The topological polar surface area (TPSA) is 73.3 Å². The van der Waals surface area contributed by atoms with Gasteiger partial charge in [-0.2, -0.15) is 0 Å². The Hall–Kier alpha value is -1.37. The van der Waals surface area contributed by atoms with E-state index in [4.69, 9.17) is 9.56 Å². The summed E-state index contributed by atoms with van der Waals surface area (Å²) in [5.74, 6) is 0. The maximum Gasteiger partial charge on any atom is 1.00 e. The van der Waals surface area contributed by atoms with E-state index in [0.29, 0.717) is 5.58 Å². The number of hydrogen-bond donors (Lipinski definition) is 1. The Labute approximate surface area is 150 Å². The molecule has 0 aliphatic carbocycles. The first kappa shape index (κ1) is 15.5. The van der Waals surface area contributed by atoms with Crippen LogP contribution in [0, 0.1) is 0 Å². The molecule has 4 nitrogen and oxygen atoms in total. The van der Waals surface area contributed by atoms with E-state index < -0.39 is 10.0 Å². The Morgan fingerprint density at radius 2 is 1.55 bits per heavy atom. The molecule has 0 fully saturated rings. The van der Waals surface area contributed by atoms with Crippen LogP contribution in [0.4, 0.5) is 0 Å². The average molecular weight is 321 g/mol. The van der Waals surface area contributed by atoms with Gasteiger partial charge in [-0.05, 0) is 22.2 Å². The molecule has 1 heterocycles. The summed E-state index contributed by atoms with van der Waals surface area (Å²) in [6, 6.07) is 17.3. The van der Waals surface area contributed by atoms with E-state index in [-0.39, 0.29) is 36.1 Å². The fourth-order valence-corrected chi connectivity index (χ4v) is 3.19. The van der Waals surface area contributed by atoms with E-state index in [9.17, 15) is 8.42 Å². The number of rotatable bonds is 1. The molecule has 1 aromatic heterocycles. The molecular formula is C16H12NNaO3S. The minimum atomic E-state index is -3.84. The van der Waals surface area contributed by atoms with Crippen LogP contribution < -0.4 is 34.7 Å². The standard InChI is InChI=1S/C16H11NO3S.Na.H/c17-21(18,19)15-9-11-6-7-13-12-4-2-1-3-10(12)5-8-14(13)16(11)20-15;;/h1-9H,(H2,17,18,19);;/q;+1;-1. The molecule has 106 valence electrons. The number of primary sulfonamides is 1. The molecule has 0 saturated carbocycles. The Bertz CT molecular complexity index is 1120. The van der Waals surface area contributed by atoms with E-state index in [0.717, 1.165) is 26.9 Å². The van der Waals surface area contributed by atoms with Gasteiger partial charge >= 0.3 is 29.6 Å². The number of nitrogens with two attached hydrogens (primary N) is 1. The Morgan fingerprint density at radius 1 is 0.864 bits per heavy atom. The molecule has 0 aliphatic rings. The number of sulfonamides is 1. The monoisotopic (exact) mass is 321 g/mol. The van der Waals surface area contributed by atoms with Gasteiger partial charge < -0.3 is 5.84 Å². The van der Waals surface area contributed by atoms with Gasteiger partial charge in [-0.3, -0.25) is 0 Å². The van der Waals surface area contributed by atoms with Crippen molar-refractivity contribution in [3.05, 3.63) is 54.6 Å². The predicted octanol–water partition coefficient (Wildman–Crippen LogP) is 0.503. The molecule has 0 atom stereocenters. The van der Waals surface area contributed by atoms with E-state index in [1.165, 1.54) is 6.07 Å². The Morgan fingerprint density at radius 3 is 2.32 bits per heavy atom. The van der Waals surface area contributed by atoms with Crippen LogP contribution in [0.2, 0.25) is 0 Å². The summed E-state index contributed by atoms with van der Waals surface area (Å²) in [6.07, 6.45) is 0. The molecule has 0 saturated heterocycles. The third-order valence-electron chi connectivity index (χ3n) is 3.66. The van der Waals surface area contributed by atoms with Crippen LogP contribution in [0.1, 0.15) is 1.43 Å². The second-order valence-corrected chi connectivity index (χ2v) is 6.47. The Balaban J connectivity index is 0.000000960. The van der Waals surface area contributed by atoms with Crippen LogP contribution in [-0.4, -0.2) is 8.42 Å². The zero-order valence-electron chi connectivity index (χ0n) is 12.9. The maximum atomic E-state index is 11.4. The van der Waals surface area contributed by atoms with Crippen molar-refractivity contribution in [1.29, 1.82) is 0 Å². The molecule has 4 rings (SSSR count). The minimum Gasteiger partial charge on any atom is -1.00 e. The van der Waals surface area contributed by atoms with Crippen LogP contribution in [0.5, 0.6) is 0 Å². The molecule has 0 amide bonds. The summed E-state index contributed by atoms with van der Waals surface area (Å²) in [5.41, 5.74) is 0.544. The zero-order chi connectivity index (χ0) is 14.6. The summed E-state index contributed by atoms with van der Waals surface area (Å²) in [4.78, 5) is 0. The van der Waals surface area contributed by atoms with Crippen LogP contribution in [-0.2, 0) is 10.0 Å². The molecule has 0 bridgehead atoms. The van der Waals surface area contributed by atoms with Gasteiger partial charge in [0.15, 0.2) is 0 Å². The normalized spacial score (nSPS) is 11.9. The first-order chi connectivity index (χ1) is 10.0. The van der Waals surface area contributed by atoms with Crippen molar-refractivity contribution >= 4 is 42.5 Å². The van der Waals surface area contributed by atoms with E-state index in [1.807, 2.05) is 48.5 Å². The van der Waals surface area contributed by atoms with Gasteiger partial charge in [0, 0.05) is 16.8 Å². The van der Waals surface area contributed by atoms with Crippen molar-refractivity contribution in [2.75, 3.05) is 0 Å².